The normalized spacial score (nSPS) is 20.9. The van der Waals surface area contributed by atoms with Crippen molar-refractivity contribution in [3.8, 4) is 11.4 Å². The summed E-state index contributed by atoms with van der Waals surface area (Å²) in [6.07, 6.45) is 2.94. The van der Waals surface area contributed by atoms with Crippen LogP contribution < -0.4 is 5.32 Å². The molecule has 0 radical (unpaired) electrons. The van der Waals surface area contributed by atoms with Crippen LogP contribution in [0.1, 0.15) is 28.8 Å². The second-order valence-corrected chi connectivity index (χ2v) is 7.29. The van der Waals surface area contributed by atoms with Gasteiger partial charge in [0.15, 0.2) is 5.82 Å². The molecule has 7 heteroatoms. The summed E-state index contributed by atoms with van der Waals surface area (Å²) in [5.41, 5.74) is 2.43. The highest BCUT2D eigenvalue weighted by atomic mass is 16.2. The Morgan fingerprint density at radius 3 is 2.79 bits per heavy atom. The number of anilines is 1. The van der Waals surface area contributed by atoms with Crippen LogP contribution in [0.5, 0.6) is 0 Å². The summed E-state index contributed by atoms with van der Waals surface area (Å²) in [5, 5.41) is 9.71. The van der Waals surface area contributed by atoms with Crippen LogP contribution in [-0.4, -0.2) is 45.0 Å². The molecule has 2 amide bonds. The maximum atomic E-state index is 13.4. The Morgan fingerprint density at radius 1 is 1.11 bits per heavy atom. The molecule has 3 aromatic rings. The standard InChI is InChI=1S/C21H19N5O2/c27-19(15-7-2-1-6-14(15)18-22-13-23-25-18)26-11-5-10-21(12-26)16-8-3-4-9-17(16)24-20(21)28/h1-4,6-9,13H,5,10-12H2,(H,24,28)(H,22,23,25). The smallest absolute Gasteiger partial charge is 0.254 e. The Hall–Kier alpha value is -3.48. The summed E-state index contributed by atoms with van der Waals surface area (Å²) in [7, 11) is 0. The van der Waals surface area contributed by atoms with Gasteiger partial charge in [0.25, 0.3) is 5.91 Å². The van der Waals surface area contributed by atoms with E-state index in [1.54, 1.807) is 11.0 Å². The largest absolute Gasteiger partial charge is 0.337 e. The van der Waals surface area contributed by atoms with E-state index in [9.17, 15) is 9.59 Å². The number of benzene rings is 2. The zero-order valence-electron chi connectivity index (χ0n) is 15.2. The highest BCUT2D eigenvalue weighted by Gasteiger charge is 2.50. The number of hydrogen-bond donors (Lipinski definition) is 2. The lowest BCUT2D eigenvalue weighted by Gasteiger charge is -2.39. The average molecular weight is 373 g/mol. The fraction of sp³-hybridized carbons (Fsp3) is 0.238. The fourth-order valence-electron chi connectivity index (χ4n) is 4.39. The first-order chi connectivity index (χ1) is 13.7. The minimum atomic E-state index is -0.675. The van der Waals surface area contributed by atoms with Crippen LogP contribution in [0.2, 0.25) is 0 Å². The molecule has 140 valence electrons. The van der Waals surface area contributed by atoms with Crippen molar-refractivity contribution in [2.45, 2.75) is 18.3 Å². The average Bonchev–Trinajstić information content (AvgIpc) is 3.36. The number of amides is 2. The van der Waals surface area contributed by atoms with Gasteiger partial charge < -0.3 is 10.2 Å². The van der Waals surface area contributed by atoms with E-state index in [1.165, 1.54) is 6.33 Å². The van der Waals surface area contributed by atoms with Gasteiger partial charge in [0, 0.05) is 24.3 Å². The van der Waals surface area contributed by atoms with E-state index in [-0.39, 0.29) is 11.8 Å². The van der Waals surface area contributed by atoms with E-state index in [0.717, 1.165) is 24.1 Å². The van der Waals surface area contributed by atoms with E-state index in [4.69, 9.17) is 0 Å². The van der Waals surface area contributed by atoms with Crippen LogP contribution >= 0.6 is 0 Å². The molecule has 1 saturated heterocycles. The number of nitrogens with zero attached hydrogens (tertiary/aromatic N) is 3. The molecule has 1 aromatic heterocycles. The van der Waals surface area contributed by atoms with Crippen molar-refractivity contribution in [2.24, 2.45) is 0 Å². The predicted molar refractivity (Wildman–Crippen MR) is 104 cm³/mol. The van der Waals surface area contributed by atoms with Gasteiger partial charge in [0.05, 0.1) is 11.0 Å². The van der Waals surface area contributed by atoms with Gasteiger partial charge in [-0.25, -0.2) is 4.98 Å². The Balaban J connectivity index is 1.51. The SMILES string of the molecule is O=C(c1ccccc1-c1ncn[nH]1)N1CCCC2(C1)C(=O)Nc1ccccc12. The number of para-hydroxylation sites is 1. The summed E-state index contributed by atoms with van der Waals surface area (Å²) in [5.74, 6) is 0.442. The number of fused-ring (bicyclic) bond motifs is 2. The summed E-state index contributed by atoms with van der Waals surface area (Å²) in [6, 6.07) is 15.1. The molecular weight excluding hydrogens is 354 g/mol. The van der Waals surface area contributed by atoms with Gasteiger partial charge in [-0.2, -0.15) is 5.10 Å². The third-order valence-corrected chi connectivity index (χ3v) is 5.73. The van der Waals surface area contributed by atoms with Crippen LogP contribution in [0.15, 0.2) is 54.9 Å². The number of carbonyl (C=O) groups excluding carboxylic acids is 2. The van der Waals surface area contributed by atoms with Crippen LogP contribution in [0.4, 0.5) is 5.69 Å². The number of rotatable bonds is 2. The van der Waals surface area contributed by atoms with Gasteiger partial charge in [-0.15, -0.1) is 0 Å². The summed E-state index contributed by atoms with van der Waals surface area (Å²) in [6.45, 7) is 1.00. The molecule has 7 nitrogen and oxygen atoms in total. The molecule has 28 heavy (non-hydrogen) atoms. The van der Waals surface area contributed by atoms with E-state index in [0.29, 0.717) is 30.0 Å². The minimum Gasteiger partial charge on any atom is -0.337 e. The first kappa shape index (κ1) is 16.7. The number of piperidine rings is 1. The maximum absolute atomic E-state index is 13.4. The molecule has 2 aliphatic rings. The zero-order chi connectivity index (χ0) is 19.1. The second-order valence-electron chi connectivity index (χ2n) is 7.29. The molecule has 1 spiro atoms. The van der Waals surface area contributed by atoms with Gasteiger partial charge >= 0.3 is 0 Å². The van der Waals surface area contributed by atoms with Gasteiger partial charge in [-0.1, -0.05) is 36.4 Å². The number of carbonyl (C=O) groups is 2. The molecule has 2 aliphatic heterocycles. The monoisotopic (exact) mass is 373 g/mol. The van der Waals surface area contributed by atoms with Crippen molar-refractivity contribution in [1.82, 2.24) is 20.1 Å². The molecule has 0 saturated carbocycles. The number of likely N-dealkylation sites (tertiary alicyclic amines) is 1. The number of hydrogen-bond acceptors (Lipinski definition) is 4. The predicted octanol–water partition coefficient (Wildman–Crippen LogP) is 2.60. The highest BCUT2D eigenvalue weighted by molar-refractivity contribution is 6.07. The van der Waals surface area contributed by atoms with Gasteiger partial charge in [0.1, 0.15) is 6.33 Å². The number of aromatic nitrogens is 3. The molecule has 1 unspecified atom stereocenters. The number of nitrogens with one attached hydrogen (secondary N) is 2. The maximum Gasteiger partial charge on any atom is 0.254 e. The molecular formula is C21H19N5O2. The van der Waals surface area contributed by atoms with Crippen molar-refractivity contribution in [3.63, 3.8) is 0 Å². The lowest BCUT2D eigenvalue weighted by Crippen LogP contribution is -2.51. The first-order valence-electron chi connectivity index (χ1n) is 9.34. The minimum absolute atomic E-state index is 0.0188. The van der Waals surface area contributed by atoms with Crippen molar-refractivity contribution < 1.29 is 9.59 Å². The molecule has 1 fully saturated rings. The summed E-state index contributed by atoms with van der Waals surface area (Å²) >= 11 is 0. The van der Waals surface area contributed by atoms with E-state index < -0.39 is 5.41 Å². The van der Waals surface area contributed by atoms with Crippen LogP contribution in [0.3, 0.4) is 0 Å². The molecule has 1 atom stereocenters. The second kappa shape index (κ2) is 6.30. The van der Waals surface area contributed by atoms with Gasteiger partial charge in [-0.3, -0.25) is 14.7 Å². The van der Waals surface area contributed by atoms with E-state index in [1.807, 2.05) is 42.5 Å². The van der Waals surface area contributed by atoms with Crippen LogP contribution in [0, 0.1) is 0 Å². The number of H-pyrrole nitrogens is 1. The van der Waals surface area contributed by atoms with Gasteiger partial charge in [0.2, 0.25) is 5.91 Å². The molecule has 0 aliphatic carbocycles. The third-order valence-electron chi connectivity index (χ3n) is 5.73. The molecule has 2 N–H and O–H groups in total. The van der Waals surface area contributed by atoms with Crippen LogP contribution in [0.25, 0.3) is 11.4 Å². The molecule has 2 aromatic carbocycles. The Bertz CT molecular complexity index is 1060. The third kappa shape index (κ3) is 2.43. The van der Waals surface area contributed by atoms with Crippen LogP contribution in [-0.2, 0) is 10.2 Å². The summed E-state index contributed by atoms with van der Waals surface area (Å²) < 4.78 is 0. The topological polar surface area (TPSA) is 91.0 Å². The lowest BCUT2D eigenvalue weighted by atomic mass is 9.75. The molecule has 5 rings (SSSR count). The highest BCUT2D eigenvalue weighted by Crippen LogP contribution is 2.44. The Kier molecular flexibility index (Phi) is 3.75. The Labute approximate surface area is 161 Å². The van der Waals surface area contributed by atoms with Crippen molar-refractivity contribution >= 4 is 17.5 Å². The molecule has 0 bridgehead atoms. The zero-order valence-corrected chi connectivity index (χ0v) is 15.2. The van der Waals surface area contributed by atoms with Crippen molar-refractivity contribution in [1.29, 1.82) is 0 Å². The van der Waals surface area contributed by atoms with Crippen molar-refractivity contribution in [2.75, 3.05) is 18.4 Å². The van der Waals surface area contributed by atoms with Gasteiger partial charge in [-0.05, 0) is 30.5 Å². The van der Waals surface area contributed by atoms with E-state index in [2.05, 4.69) is 20.5 Å². The quantitative estimate of drug-likeness (QED) is 0.722. The fourth-order valence-corrected chi connectivity index (χ4v) is 4.39. The number of aromatic amines is 1. The lowest BCUT2D eigenvalue weighted by molar-refractivity contribution is -0.122. The van der Waals surface area contributed by atoms with Crippen molar-refractivity contribution in [3.05, 3.63) is 66.0 Å². The Morgan fingerprint density at radius 2 is 1.93 bits per heavy atom. The summed E-state index contributed by atoms with van der Waals surface area (Å²) in [4.78, 5) is 32.3. The van der Waals surface area contributed by atoms with E-state index >= 15 is 0 Å². The molecule has 3 heterocycles. The first-order valence-corrected chi connectivity index (χ1v) is 9.34.